The number of anilines is 2. The Hall–Kier alpha value is -0.640. The zero-order chi connectivity index (χ0) is 12.1. The van der Waals surface area contributed by atoms with Crippen molar-refractivity contribution in [3.63, 3.8) is 0 Å². The third-order valence-electron chi connectivity index (χ3n) is 2.42. The van der Waals surface area contributed by atoms with E-state index in [1.807, 2.05) is 6.92 Å². The predicted octanol–water partition coefficient (Wildman–Crippen LogP) is 3.15. The van der Waals surface area contributed by atoms with E-state index in [4.69, 9.17) is 34.0 Å². The molecule has 1 atom stereocenters. The number of benzene rings is 1. The summed E-state index contributed by atoms with van der Waals surface area (Å²) in [6, 6.07) is 3.52. The number of hydrogen-bond acceptors (Lipinski definition) is 3. The lowest BCUT2D eigenvalue weighted by atomic mass is 10.1. The Kier molecular flexibility index (Phi) is 5.19. The predicted molar refractivity (Wildman–Crippen MR) is 70.3 cm³/mol. The van der Waals surface area contributed by atoms with Crippen LogP contribution in [0.1, 0.15) is 19.8 Å². The molecule has 0 aromatic heterocycles. The highest BCUT2D eigenvalue weighted by Gasteiger charge is 2.09. The van der Waals surface area contributed by atoms with E-state index in [1.165, 1.54) is 0 Å². The molecule has 16 heavy (non-hydrogen) atoms. The summed E-state index contributed by atoms with van der Waals surface area (Å²) in [5.41, 5.74) is 7.14. The van der Waals surface area contributed by atoms with E-state index in [-0.39, 0.29) is 12.6 Å². The summed E-state index contributed by atoms with van der Waals surface area (Å²) in [5.74, 6) is 0. The van der Waals surface area contributed by atoms with E-state index in [0.29, 0.717) is 22.2 Å². The van der Waals surface area contributed by atoms with Crippen molar-refractivity contribution in [1.29, 1.82) is 0 Å². The fraction of sp³-hybridized carbons (Fsp3) is 0.455. The lowest BCUT2D eigenvalue weighted by molar-refractivity contribution is 0.278. The summed E-state index contributed by atoms with van der Waals surface area (Å²) < 4.78 is 0. The smallest absolute Gasteiger partial charge is 0.0614 e. The normalized spacial score (nSPS) is 12.5. The van der Waals surface area contributed by atoms with E-state index < -0.39 is 0 Å². The van der Waals surface area contributed by atoms with Crippen LogP contribution in [0.25, 0.3) is 0 Å². The van der Waals surface area contributed by atoms with E-state index in [1.54, 1.807) is 12.1 Å². The van der Waals surface area contributed by atoms with Crippen molar-refractivity contribution >= 4 is 34.6 Å². The number of nitrogens with two attached hydrogens (primary N) is 1. The Bertz CT molecular complexity index is 358. The molecule has 3 nitrogen and oxygen atoms in total. The maximum Gasteiger partial charge on any atom is 0.0614 e. The van der Waals surface area contributed by atoms with Gasteiger partial charge in [0.2, 0.25) is 0 Å². The topological polar surface area (TPSA) is 58.3 Å². The molecule has 1 unspecified atom stereocenters. The summed E-state index contributed by atoms with van der Waals surface area (Å²) in [6.07, 6.45) is 1.58. The fourth-order valence-electron chi connectivity index (χ4n) is 1.44. The van der Waals surface area contributed by atoms with Crippen molar-refractivity contribution in [1.82, 2.24) is 0 Å². The quantitative estimate of drug-likeness (QED) is 0.715. The van der Waals surface area contributed by atoms with E-state index in [9.17, 15) is 0 Å². The molecule has 0 bridgehead atoms. The SMILES string of the molecule is CCC(CCO)Nc1cc(Cl)c(Cl)cc1N. The van der Waals surface area contributed by atoms with Gasteiger partial charge in [0.15, 0.2) is 0 Å². The minimum absolute atomic E-state index is 0.146. The highest BCUT2D eigenvalue weighted by atomic mass is 35.5. The molecule has 90 valence electrons. The molecule has 0 aliphatic heterocycles. The Morgan fingerprint density at radius 3 is 2.56 bits per heavy atom. The van der Waals surface area contributed by atoms with Crippen molar-refractivity contribution in [3.8, 4) is 0 Å². The molecule has 0 aliphatic rings. The van der Waals surface area contributed by atoms with Gasteiger partial charge in [0.1, 0.15) is 0 Å². The average Bonchev–Trinajstić information content (AvgIpc) is 2.25. The maximum absolute atomic E-state index is 8.90. The van der Waals surface area contributed by atoms with E-state index in [0.717, 1.165) is 12.1 Å². The second-order valence-electron chi connectivity index (χ2n) is 3.62. The molecule has 1 aromatic rings. The van der Waals surface area contributed by atoms with Crippen molar-refractivity contribution in [3.05, 3.63) is 22.2 Å². The second-order valence-corrected chi connectivity index (χ2v) is 4.43. The van der Waals surface area contributed by atoms with Gasteiger partial charge in [-0.05, 0) is 25.0 Å². The third-order valence-corrected chi connectivity index (χ3v) is 3.14. The van der Waals surface area contributed by atoms with Gasteiger partial charge >= 0.3 is 0 Å². The Labute approximate surface area is 106 Å². The van der Waals surface area contributed by atoms with Gasteiger partial charge in [-0.1, -0.05) is 30.1 Å². The van der Waals surface area contributed by atoms with Crippen molar-refractivity contribution in [2.45, 2.75) is 25.8 Å². The number of nitrogens with one attached hydrogen (secondary N) is 1. The average molecular weight is 263 g/mol. The van der Waals surface area contributed by atoms with Crippen molar-refractivity contribution in [2.75, 3.05) is 17.7 Å². The number of hydrogen-bond donors (Lipinski definition) is 3. The monoisotopic (exact) mass is 262 g/mol. The Balaban J connectivity index is 2.83. The van der Waals surface area contributed by atoms with Gasteiger partial charge in [0, 0.05) is 12.6 Å². The molecule has 0 heterocycles. The molecular formula is C11H16Cl2N2O. The molecule has 1 rings (SSSR count). The van der Waals surface area contributed by atoms with Crippen LogP contribution in [-0.4, -0.2) is 17.8 Å². The first-order chi connectivity index (χ1) is 7.58. The summed E-state index contributed by atoms with van der Waals surface area (Å²) in [6.45, 7) is 2.19. The van der Waals surface area contributed by atoms with Gasteiger partial charge in [0.05, 0.1) is 21.4 Å². The van der Waals surface area contributed by atoms with Crippen molar-refractivity contribution < 1.29 is 5.11 Å². The molecule has 1 aromatic carbocycles. The first kappa shape index (κ1) is 13.4. The van der Waals surface area contributed by atoms with Gasteiger partial charge in [-0.15, -0.1) is 0 Å². The minimum atomic E-state index is 0.146. The molecule has 0 aliphatic carbocycles. The number of aliphatic hydroxyl groups is 1. The van der Waals surface area contributed by atoms with Crippen LogP contribution in [0.15, 0.2) is 12.1 Å². The third kappa shape index (κ3) is 3.44. The van der Waals surface area contributed by atoms with Gasteiger partial charge in [0.25, 0.3) is 0 Å². The molecular weight excluding hydrogens is 247 g/mol. The van der Waals surface area contributed by atoms with Crippen molar-refractivity contribution in [2.24, 2.45) is 0 Å². The fourth-order valence-corrected chi connectivity index (χ4v) is 1.78. The molecule has 0 saturated carbocycles. The number of aliphatic hydroxyl groups excluding tert-OH is 1. The van der Waals surface area contributed by atoms with Crippen LogP contribution in [0.5, 0.6) is 0 Å². The summed E-state index contributed by atoms with van der Waals surface area (Å²) in [4.78, 5) is 0. The van der Waals surface area contributed by atoms with Crippen LogP contribution in [-0.2, 0) is 0 Å². The highest BCUT2D eigenvalue weighted by Crippen LogP contribution is 2.31. The van der Waals surface area contributed by atoms with Crippen LogP contribution in [0.2, 0.25) is 10.0 Å². The van der Waals surface area contributed by atoms with E-state index in [2.05, 4.69) is 5.32 Å². The molecule has 0 radical (unpaired) electrons. The molecule has 0 amide bonds. The minimum Gasteiger partial charge on any atom is -0.397 e. The molecule has 0 fully saturated rings. The second kappa shape index (κ2) is 6.18. The van der Waals surface area contributed by atoms with Crippen LogP contribution in [0.4, 0.5) is 11.4 Å². The van der Waals surface area contributed by atoms with Crippen LogP contribution in [0.3, 0.4) is 0 Å². The maximum atomic E-state index is 8.90. The first-order valence-electron chi connectivity index (χ1n) is 5.20. The van der Waals surface area contributed by atoms with Gasteiger partial charge < -0.3 is 16.2 Å². The molecule has 4 N–H and O–H groups in total. The number of halogens is 2. The standard InChI is InChI=1S/C11H16Cl2N2O/c1-2-7(3-4-16)15-11-6-9(13)8(12)5-10(11)14/h5-7,15-16H,2-4,14H2,1H3. The lowest BCUT2D eigenvalue weighted by Crippen LogP contribution is -2.20. The van der Waals surface area contributed by atoms with Crippen LogP contribution in [0, 0.1) is 0 Å². The lowest BCUT2D eigenvalue weighted by Gasteiger charge is -2.19. The van der Waals surface area contributed by atoms with Crippen LogP contribution < -0.4 is 11.1 Å². The molecule has 0 saturated heterocycles. The van der Waals surface area contributed by atoms with Crippen LogP contribution >= 0.6 is 23.2 Å². The number of rotatable bonds is 5. The summed E-state index contributed by atoms with van der Waals surface area (Å²) in [7, 11) is 0. The zero-order valence-corrected chi connectivity index (χ0v) is 10.6. The first-order valence-corrected chi connectivity index (χ1v) is 5.96. The molecule has 5 heteroatoms. The highest BCUT2D eigenvalue weighted by molar-refractivity contribution is 6.42. The van der Waals surface area contributed by atoms with Gasteiger partial charge in [-0.2, -0.15) is 0 Å². The largest absolute Gasteiger partial charge is 0.397 e. The summed E-state index contributed by atoms with van der Waals surface area (Å²) >= 11 is 11.8. The Morgan fingerprint density at radius 1 is 1.38 bits per heavy atom. The van der Waals surface area contributed by atoms with E-state index >= 15 is 0 Å². The van der Waals surface area contributed by atoms with Gasteiger partial charge in [-0.3, -0.25) is 0 Å². The van der Waals surface area contributed by atoms with Gasteiger partial charge in [-0.25, -0.2) is 0 Å². The zero-order valence-electron chi connectivity index (χ0n) is 9.13. The molecule has 0 spiro atoms. The number of nitrogen functional groups attached to an aromatic ring is 1. The Morgan fingerprint density at radius 2 is 2.00 bits per heavy atom. The summed E-state index contributed by atoms with van der Waals surface area (Å²) in [5, 5.41) is 13.0.